The largest absolute Gasteiger partial charge is 0.310 e. The van der Waals surface area contributed by atoms with Gasteiger partial charge in [0.1, 0.15) is 0 Å². The Kier molecular flexibility index (Phi) is 4.37. The molecule has 2 heterocycles. The van der Waals surface area contributed by atoms with Gasteiger partial charge in [-0.15, -0.1) is 0 Å². The summed E-state index contributed by atoms with van der Waals surface area (Å²) in [5, 5.41) is 7.93. The maximum atomic E-state index is 4.51. The molecule has 102 valence electrons. The molecule has 0 saturated heterocycles. The van der Waals surface area contributed by atoms with Gasteiger partial charge in [-0.3, -0.25) is 0 Å². The molecule has 0 radical (unpaired) electrons. The fraction of sp³-hybridized carbons (Fsp3) is 0.429. The van der Waals surface area contributed by atoms with Crippen LogP contribution in [0.2, 0.25) is 0 Å². The van der Waals surface area contributed by atoms with Crippen LogP contribution in [0.3, 0.4) is 0 Å². The third-order valence-electron chi connectivity index (χ3n) is 2.82. The highest BCUT2D eigenvalue weighted by molar-refractivity contribution is 9.10. The predicted octanol–water partition coefficient (Wildman–Crippen LogP) is 3.14. The minimum atomic E-state index is 0.437. The third-order valence-corrected chi connectivity index (χ3v) is 3.25. The van der Waals surface area contributed by atoms with Gasteiger partial charge in [-0.2, -0.15) is 5.10 Å². The van der Waals surface area contributed by atoms with Gasteiger partial charge in [-0.1, -0.05) is 13.8 Å². The quantitative estimate of drug-likeness (QED) is 0.940. The van der Waals surface area contributed by atoms with Gasteiger partial charge in [0.05, 0.1) is 5.69 Å². The lowest BCUT2D eigenvalue weighted by Crippen LogP contribution is -2.23. The number of aryl methyl sites for hydroxylation is 2. The number of hydrogen-bond donors (Lipinski definition) is 1. The van der Waals surface area contributed by atoms with Crippen molar-refractivity contribution in [1.82, 2.24) is 20.1 Å². The number of hydrogen-bond acceptors (Lipinski definition) is 3. The monoisotopic (exact) mass is 322 g/mol. The Bertz CT molecular complexity index is 575. The van der Waals surface area contributed by atoms with Crippen molar-refractivity contribution in [3.05, 3.63) is 39.8 Å². The molecule has 0 bridgehead atoms. The van der Waals surface area contributed by atoms with Crippen molar-refractivity contribution in [2.45, 2.75) is 40.3 Å². The van der Waals surface area contributed by atoms with Crippen LogP contribution < -0.4 is 5.32 Å². The van der Waals surface area contributed by atoms with Crippen LogP contribution in [-0.4, -0.2) is 20.8 Å². The number of halogens is 1. The number of pyridine rings is 1. The number of rotatable bonds is 4. The van der Waals surface area contributed by atoms with Gasteiger partial charge in [-0.05, 0) is 41.9 Å². The van der Waals surface area contributed by atoms with E-state index >= 15 is 0 Å². The van der Waals surface area contributed by atoms with Gasteiger partial charge in [0.25, 0.3) is 0 Å². The van der Waals surface area contributed by atoms with Crippen LogP contribution in [0.15, 0.2) is 22.8 Å². The van der Waals surface area contributed by atoms with Crippen molar-refractivity contribution in [1.29, 1.82) is 0 Å². The molecule has 5 heteroatoms. The van der Waals surface area contributed by atoms with E-state index < -0.39 is 0 Å². The summed E-state index contributed by atoms with van der Waals surface area (Å²) in [7, 11) is 0. The second kappa shape index (κ2) is 5.84. The molecule has 0 aliphatic heterocycles. The van der Waals surface area contributed by atoms with E-state index in [0.29, 0.717) is 6.04 Å². The van der Waals surface area contributed by atoms with Crippen LogP contribution in [0.5, 0.6) is 0 Å². The molecule has 1 N–H and O–H groups in total. The maximum absolute atomic E-state index is 4.51. The Morgan fingerprint density at radius 3 is 2.63 bits per heavy atom. The van der Waals surface area contributed by atoms with E-state index in [1.807, 2.05) is 24.7 Å². The van der Waals surface area contributed by atoms with Gasteiger partial charge < -0.3 is 5.32 Å². The minimum absolute atomic E-state index is 0.437. The zero-order valence-electron chi connectivity index (χ0n) is 11.7. The van der Waals surface area contributed by atoms with E-state index in [1.165, 1.54) is 0 Å². The molecule has 0 fully saturated rings. The first kappa shape index (κ1) is 14.2. The van der Waals surface area contributed by atoms with E-state index in [2.05, 4.69) is 57.3 Å². The molecule has 0 spiro atoms. The zero-order valence-corrected chi connectivity index (χ0v) is 13.3. The molecule has 19 heavy (non-hydrogen) atoms. The van der Waals surface area contributed by atoms with Crippen LogP contribution in [0.1, 0.15) is 30.8 Å². The van der Waals surface area contributed by atoms with Crippen LogP contribution in [0.4, 0.5) is 0 Å². The summed E-state index contributed by atoms with van der Waals surface area (Å²) >= 11 is 3.48. The van der Waals surface area contributed by atoms with Gasteiger partial charge in [-0.25, -0.2) is 9.67 Å². The van der Waals surface area contributed by atoms with Crippen molar-refractivity contribution in [2.24, 2.45) is 0 Å². The smallest absolute Gasteiger partial charge is 0.158 e. The fourth-order valence-electron chi connectivity index (χ4n) is 1.95. The van der Waals surface area contributed by atoms with E-state index in [-0.39, 0.29) is 0 Å². The van der Waals surface area contributed by atoms with E-state index in [0.717, 1.165) is 33.8 Å². The lowest BCUT2D eigenvalue weighted by Gasteiger charge is -2.13. The summed E-state index contributed by atoms with van der Waals surface area (Å²) in [6.07, 6.45) is 1.81. The maximum Gasteiger partial charge on any atom is 0.158 e. The SMILES string of the molecule is Cc1cc(C)n(-c2ncc(Br)cc2CNC(C)C)n1. The molecular formula is C14H19BrN4. The average molecular weight is 323 g/mol. The molecule has 0 amide bonds. The van der Waals surface area contributed by atoms with Crippen molar-refractivity contribution in [2.75, 3.05) is 0 Å². The first-order valence-corrected chi connectivity index (χ1v) is 7.18. The highest BCUT2D eigenvalue weighted by atomic mass is 79.9. The Labute approximate surface area is 122 Å². The van der Waals surface area contributed by atoms with Crippen molar-refractivity contribution in [3.63, 3.8) is 0 Å². The van der Waals surface area contributed by atoms with Crippen molar-refractivity contribution >= 4 is 15.9 Å². The molecule has 0 aliphatic carbocycles. The predicted molar refractivity (Wildman–Crippen MR) is 80.5 cm³/mol. The van der Waals surface area contributed by atoms with Gasteiger partial charge >= 0.3 is 0 Å². The summed E-state index contributed by atoms with van der Waals surface area (Å²) < 4.78 is 2.89. The van der Waals surface area contributed by atoms with E-state index in [4.69, 9.17) is 0 Å². The fourth-order valence-corrected chi connectivity index (χ4v) is 2.33. The Morgan fingerprint density at radius 1 is 1.32 bits per heavy atom. The molecule has 2 aromatic rings. The number of nitrogens with zero attached hydrogens (tertiary/aromatic N) is 3. The second-order valence-corrected chi connectivity index (χ2v) is 5.93. The molecule has 0 aliphatic rings. The molecule has 0 saturated carbocycles. The molecule has 4 nitrogen and oxygen atoms in total. The Morgan fingerprint density at radius 2 is 2.05 bits per heavy atom. The second-order valence-electron chi connectivity index (χ2n) is 5.01. The summed E-state index contributed by atoms with van der Waals surface area (Å²) in [5.41, 5.74) is 3.23. The standard InChI is InChI=1S/C14H19BrN4/c1-9(2)16-7-12-6-13(15)8-17-14(12)19-11(4)5-10(3)18-19/h5-6,8-9,16H,7H2,1-4H3. The number of nitrogens with one attached hydrogen (secondary N) is 1. The highest BCUT2D eigenvalue weighted by Gasteiger charge is 2.11. The topological polar surface area (TPSA) is 42.7 Å². The van der Waals surface area contributed by atoms with Gasteiger partial charge in [0.2, 0.25) is 0 Å². The van der Waals surface area contributed by atoms with Crippen molar-refractivity contribution in [3.8, 4) is 5.82 Å². The summed E-state index contributed by atoms with van der Waals surface area (Å²) in [4.78, 5) is 4.51. The summed E-state index contributed by atoms with van der Waals surface area (Å²) in [5.74, 6) is 0.891. The lowest BCUT2D eigenvalue weighted by atomic mass is 10.2. The van der Waals surface area contributed by atoms with Crippen LogP contribution >= 0.6 is 15.9 Å². The third kappa shape index (κ3) is 3.42. The van der Waals surface area contributed by atoms with Gasteiger partial charge in [0.15, 0.2) is 5.82 Å². The molecule has 0 atom stereocenters. The van der Waals surface area contributed by atoms with Crippen LogP contribution in [0.25, 0.3) is 5.82 Å². The van der Waals surface area contributed by atoms with Crippen LogP contribution in [0, 0.1) is 13.8 Å². The normalized spacial score (nSPS) is 11.3. The number of aromatic nitrogens is 3. The lowest BCUT2D eigenvalue weighted by molar-refractivity contribution is 0.584. The van der Waals surface area contributed by atoms with Crippen LogP contribution in [-0.2, 0) is 6.54 Å². The zero-order chi connectivity index (χ0) is 14.0. The molecule has 2 rings (SSSR count). The van der Waals surface area contributed by atoms with E-state index in [9.17, 15) is 0 Å². The van der Waals surface area contributed by atoms with E-state index in [1.54, 1.807) is 0 Å². The molecular weight excluding hydrogens is 304 g/mol. The summed E-state index contributed by atoms with van der Waals surface area (Å²) in [6, 6.07) is 4.59. The molecule has 0 aromatic carbocycles. The first-order valence-electron chi connectivity index (χ1n) is 6.39. The molecule has 0 unspecified atom stereocenters. The minimum Gasteiger partial charge on any atom is -0.310 e. The molecule has 2 aromatic heterocycles. The van der Waals surface area contributed by atoms with Gasteiger partial charge in [0, 0.05) is 34.5 Å². The highest BCUT2D eigenvalue weighted by Crippen LogP contribution is 2.19. The summed E-state index contributed by atoms with van der Waals surface area (Å²) in [6.45, 7) is 9.08. The first-order chi connectivity index (χ1) is 8.97. The average Bonchev–Trinajstić information content (AvgIpc) is 2.66. The Hall–Kier alpha value is -1.20. The van der Waals surface area contributed by atoms with Crippen molar-refractivity contribution < 1.29 is 0 Å². The Balaban J connectivity index is 2.41.